The zero-order valence-electron chi connectivity index (χ0n) is 27.5. The number of nitrogens with one attached hydrogen (secondary N) is 3. The van der Waals surface area contributed by atoms with E-state index < -0.39 is 56.7 Å². The number of fused-ring (bicyclic) bond motifs is 2. The molecule has 4 amide bonds. The predicted octanol–water partition coefficient (Wildman–Crippen LogP) is 4.31. The first-order chi connectivity index (χ1) is 22.9. The van der Waals surface area contributed by atoms with Crippen molar-refractivity contribution in [3.63, 3.8) is 0 Å². The van der Waals surface area contributed by atoms with E-state index in [1.807, 2.05) is 49.6 Å². The number of allylic oxidation sites excluding steroid dienone is 1. The average molecular weight is 698 g/mol. The van der Waals surface area contributed by atoms with Crippen LogP contribution in [0, 0.1) is 24.7 Å². The summed E-state index contributed by atoms with van der Waals surface area (Å²) in [7, 11) is -2.13. The van der Waals surface area contributed by atoms with E-state index in [0.717, 1.165) is 47.5 Å². The molecule has 0 saturated heterocycles. The zero-order valence-corrected chi connectivity index (χ0v) is 29.1. The van der Waals surface area contributed by atoms with Crippen molar-refractivity contribution in [3.8, 4) is 10.6 Å². The van der Waals surface area contributed by atoms with Crippen LogP contribution < -0.4 is 15.4 Å². The standard InChI is InChI=1S/C34H43N5O7S2/c1-4-22-19-47-30(35-22)25-13-10-20(2)15-28(25)36-33(43)46-23-16-26-27(17-23)31(41)39(3)14-8-6-5-7-9-21-18-34(21,37-29(26)40)32(42)38-48(44,45)24-11-12-24/h7,9-10,13,15,19,21,23-24,26-27H,4-6,8,11-12,14,16-18H2,1-3H3,(H,36,43)(H,37,40)(H,38,42)/b9-7-/t21-,23-,26-,27-,34-/m1/s1. The molecular weight excluding hydrogens is 655 g/mol. The minimum absolute atomic E-state index is 0.0785. The van der Waals surface area contributed by atoms with Crippen LogP contribution in [0.5, 0.6) is 0 Å². The molecule has 258 valence electrons. The molecule has 3 fully saturated rings. The number of aromatic nitrogens is 1. The lowest BCUT2D eigenvalue weighted by atomic mass is 9.93. The summed E-state index contributed by atoms with van der Waals surface area (Å²) in [5.74, 6) is -3.55. The molecule has 0 radical (unpaired) electrons. The number of benzene rings is 1. The topological polar surface area (TPSA) is 164 Å². The van der Waals surface area contributed by atoms with Gasteiger partial charge in [0.25, 0.3) is 5.91 Å². The maximum absolute atomic E-state index is 14.0. The van der Waals surface area contributed by atoms with Crippen LogP contribution in [0.1, 0.15) is 69.5 Å². The van der Waals surface area contributed by atoms with E-state index in [1.54, 1.807) is 11.9 Å². The Bertz CT molecular complexity index is 1740. The number of thiazole rings is 1. The van der Waals surface area contributed by atoms with Crippen LogP contribution in [0.3, 0.4) is 0 Å². The molecular formula is C34H43N5O7S2. The lowest BCUT2D eigenvalue weighted by Crippen LogP contribution is -2.54. The summed E-state index contributed by atoms with van der Waals surface area (Å²) in [5.41, 5.74) is 1.78. The Labute approximate surface area is 285 Å². The fourth-order valence-electron chi connectivity index (χ4n) is 6.72. The van der Waals surface area contributed by atoms with E-state index in [4.69, 9.17) is 4.74 Å². The molecule has 2 aromatic rings. The van der Waals surface area contributed by atoms with Crippen LogP contribution in [-0.2, 0) is 35.6 Å². The molecule has 1 aromatic heterocycles. The van der Waals surface area contributed by atoms with Gasteiger partial charge in [0, 0.05) is 30.5 Å². The monoisotopic (exact) mass is 697 g/mol. The number of amides is 4. The average Bonchev–Trinajstić information content (AvgIpc) is 3.92. The van der Waals surface area contributed by atoms with Crippen LogP contribution in [0.25, 0.3) is 10.6 Å². The Morgan fingerprint density at radius 1 is 1.17 bits per heavy atom. The van der Waals surface area contributed by atoms with Gasteiger partial charge in [-0.2, -0.15) is 0 Å². The Morgan fingerprint density at radius 3 is 2.67 bits per heavy atom. The molecule has 0 bridgehead atoms. The summed E-state index contributed by atoms with van der Waals surface area (Å²) >= 11 is 1.49. The Hall–Kier alpha value is -3.78. The van der Waals surface area contributed by atoms with Gasteiger partial charge in [-0.25, -0.2) is 18.2 Å². The molecule has 3 saturated carbocycles. The van der Waals surface area contributed by atoms with Crippen LogP contribution in [0.15, 0.2) is 35.7 Å². The first-order valence-electron chi connectivity index (χ1n) is 16.7. The summed E-state index contributed by atoms with van der Waals surface area (Å²) < 4.78 is 33.4. The maximum Gasteiger partial charge on any atom is 0.411 e. The van der Waals surface area contributed by atoms with Gasteiger partial charge in [0.05, 0.1) is 28.5 Å². The lowest BCUT2D eigenvalue weighted by Gasteiger charge is -2.26. The minimum Gasteiger partial charge on any atom is -0.446 e. The van der Waals surface area contributed by atoms with Crippen molar-refractivity contribution in [2.45, 2.75) is 88.5 Å². The van der Waals surface area contributed by atoms with E-state index >= 15 is 0 Å². The number of hydrogen-bond acceptors (Lipinski definition) is 9. The molecule has 0 unspecified atom stereocenters. The normalized spacial score (nSPS) is 28.4. The number of sulfonamides is 1. The zero-order chi connectivity index (χ0) is 34.2. The highest BCUT2D eigenvalue weighted by atomic mass is 32.2. The molecule has 4 aliphatic rings. The van der Waals surface area contributed by atoms with Gasteiger partial charge in [-0.1, -0.05) is 25.1 Å². The van der Waals surface area contributed by atoms with Gasteiger partial charge >= 0.3 is 6.09 Å². The summed E-state index contributed by atoms with van der Waals surface area (Å²) in [6.07, 6.45) is 6.94. The molecule has 3 aliphatic carbocycles. The second-order valence-corrected chi connectivity index (χ2v) is 16.3. The number of rotatable bonds is 7. The van der Waals surface area contributed by atoms with E-state index in [-0.39, 0.29) is 31.1 Å². The van der Waals surface area contributed by atoms with Crippen molar-refractivity contribution >= 4 is 50.9 Å². The van der Waals surface area contributed by atoms with Gasteiger partial charge in [-0.3, -0.25) is 24.4 Å². The van der Waals surface area contributed by atoms with Gasteiger partial charge in [0.1, 0.15) is 16.7 Å². The molecule has 5 atom stereocenters. The first kappa shape index (κ1) is 34.1. The number of hydrogen-bond donors (Lipinski definition) is 3. The van der Waals surface area contributed by atoms with E-state index in [1.165, 1.54) is 11.3 Å². The summed E-state index contributed by atoms with van der Waals surface area (Å²) in [5, 5.41) is 7.88. The van der Waals surface area contributed by atoms with Crippen LogP contribution >= 0.6 is 11.3 Å². The smallest absolute Gasteiger partial charge is 0.411 e. The summed E-state index contributed by atoms with van der Waals surface area (Å²) in [6, 6.07) is 5.70. The number of carbonyl (C=O) groups excluding carboxylic acids is 4. The fourth-order valence-corrected chi connectivity index (χ4v) is 9.03. The van der Waals surface area contributed by atoms with Crippen molar-refractivity contribution in [1.29, 1.82) is 0 Å². The predicted molar refractivity (Wildman–Crippen MR) is 181 cm³/mol. The molecule has 12 nitrogen and oxygen atoms in total. The number of carbonyl (C=O) groups is 4. The van der Waals surface area contributed by atoms with E-state index in [9.17, 15) is 27.6 Å². The molecule has 1 aromatic carbocycles. The molecule has 48 heavy (non-hydrogen) atoms. The number of nitrogens with zero attached hydrogens (tertiary/aromatic N) is 2. The van der Waals surface area contributed by atoms with Crippen molar-refractivity contribution in [2.24, 2.45) is 17.8 Å². The van der Waals surface area contributed by atoms with Gasteiger partial charge < -0.3 is 15.0 Å². The van der Waals surface area contributed by atoms with Crippen molar-refractivity contribution in [2.75, 3.05) is 18.9 Å². The molecule has 2 heterocycles. The Balaban J connectivity index is 1.20. The molecule has 1 aliphatic heterocycles. The van der Waals surface area contributed by atoms with Crippen LogP contribution in [0.2, 0.25) is 0 Å². The molecule has 6 rings (SSSR count). The Morgan fingerprint density at radius 2 is 1.94 bits per heavy atom. The SMILES string of the molecule is CCc1csc(-c2ccc(C)cc2NC(=O)O[C@@H]2C[C@H]3C(=O)N[C@]4(C(=O)NS(=O)(=O)C5CC5)C[C@H]4/C=C\CCCCN(C)C(=O)[C@@H]3C2)n1. The van der Waals surface area contributed by atoms with Gasteiger partial charge in [-0.15, -0.1) is 11.3 Å². The number of ether oxygens (including phenoxy) is 1. The van der Waals surface area contributed by atoms with Gasteiger partial charge in [0.2, 0.25) is 21.8 Å². The van der Waals surface area contributed by atoms with Gasteiger partial charge in [-0.05, 0) is 82.4 Å². The summed E-state index contributed by atoms with van der Waals surface area (Å²) in [6.45, 7) is 4.47. The van der Waals surface area contributed by atoms with Crippen molar-refractivity contribution in [3.05, 3.63) is 47.0 Å². The fraction of sp³-hybridized carbons (Fsp3) is 0.559. The summed E-state index contributed by atoms with van der Waals surface area (Å²) in [4.78, 5) is 60.7. The molecule has 14 heteroatoms. The van der Waals surface area contributed by atoms with E-state index in [2.05, 4.69) is 20.3 Å². The second-order valence-electron chi connectivity index (χ2n) is 13.5. The number of aryl methyl sites for hydroxylation is 2. The first-order valence-corrected chi connectivity index (χ1v) is 19.2. The maximum atomic E-state index is 14.0. The quantitative estimate of drug-likeness (QED) is 0.361. The number of anilines is 1. The Kier molecular flexibility index (Phi) is 9.67. The third kappa shape index (κ3) is 7.29. The third-order valence-electron chi connectivity index (χ3n) is 9.83. The van der Waals surface area contributed by atoms with Crippen molar-refractivity contribution < 1.29 is 32.3 Å². The highest BCUT2D eigenvalue weighted by Gasteiger charge is 2.62. The largest absolute Gasteiger partial charge is 0.446 e. The molecule has 0 spiro atoms. The molecule has 3 N–H and O–H groups in total. The third-order valence-corrected chi connectivity index (χ3v) is 12.6. The lowest BCUT2D eigenvalue weighted by molar-refractivity contribution is -0.140. The van der Waals surface area contributed by atoms with Crippen LogP contribution in [-0.4, -0.2) is 72.6 Å². The van der Waals surface area contributed by atoms with E-state index in [0.29, 0.717) is 25.1 Å². The van der Waals surface area contributed by atoms with Crippen molar-refractivity contribution in [1.82, 2.24) is 19.9 Å². The highest BCUT2D eigenvalue weighted by Crippen LogP contribution is 2.47. The van der Waals surface area contributed by atoms with Gasteiger partial charge in [0.15, 0.2) is 0 Å². The minimum atomic E-state index is -3.83. The highest BCUT2D eigenvalue weighted by molar-refractivity contribution is 7.91. The second kappa shape index (κ2) is 13.6. The van der Waals surface area contributed by atoms with Crippen LogP contribution in [0.4, 0.5) is 10.5 Å².